The molecule has 8 nitrogen and oxygen atoms in total. The Kier molecular flexibility index (Phi) is 7.66. The average molecular weight is 406 g/mol. The lowest BCUT2D eigenvalue weighted by Crippen LogP contribution is -2.46. The van der Waals surface area contributed by atoms with Gasteiger partial charge in [-0.05, 0) is 51.7 Å². The number of rotatable bonds is 7. The van der Waals surface area contributed by atoms with Gasteiger partial charge < -0.3 is 19.4 Å². The molecule has 3 rings (SSSR count). The van der Waals surface area contributed by atoms with Gasteiger partial charge in [0.15, 0.2) is 0 Å². The highest BCUT2D eigenvalue weighted by molar-refractivity contribution is 5.76. The van der Waals surface area contributed by atoms with Gasteiger partial charge >= 0.3 is 0 Å². The Morgan fingerprint density at radius 1 is 1.28 bits per heavy atom. The standard InChI is InChI=1S/C21H35N5O3/c1-23-9-6-18(7-10-23)24(2)20(27)13-17-5-4-8-25(16-17)19-14-21(28)26(22-15-19)11-12-29-3/h14-15,17-18H,4-13,16H2,1-3H3. The monoisotopic (exact) mass is 405 g/mol. The Hall–Kier alpha value is -1.93. The van der Waals surface area contributed by atoms with Gasteiger partial charge in [-0.15, -0.1) is 0 Å². The van der Waals surface area contributed by atoms with Gasteiger partial charge in [0.05, 0.1) is 25.0 Å². The molecule has 0 aromatic carbocycles. The van der Waals surface area contributed by atoms with Crippen molar-refractivity contribution in [3.8, 4) is 0 Å². The Labute approximate surface area is 173 Å². The summed E-state index contributed by atoms with van der Waals surface area (Å²) in [5.74, 6) is 0.570. The van der Waals surface area contributed by atoms with Gasteiger partial charge in [0.1, 0.15) is 0 Å². The van der Waals surface area contributed by atoms with Gasteiger partial charge in [-0.3, -0.25) is 9.59 Å². The minimum Gasteiger partial charge on any atom is -0.383 e. The van der Waals surface area contributed by atoms with Crippen molar-refractivity contribution in [2.75, 3.05) is 58.9 Å². The zero-order valence-electron chi connectivity index (χ0n) is 18.0. The smallest absolute Gasteiger partial charge is 0.268 e. The number of amides is 1. The van der Waals surface area contributed by atoms with Gasteiger partial charge in [-0.25, -0.2) is 4.68 Å². The summed E-state index contributed by atoms with van der Waals surface area (Å²) in [6.07, 6.45) is 6.54. The molecule has 8 heteroatoms. The molecule has 2 aliphatic heterocycles. The quantitative estimate of drug-likeness (QED) is 0.675. The number of ether oxygens (including phenoxy) is 1. The molecule has 0 bridgehead atoms. The number of aromatic nitrogens is 2. The SMILES string of the molecule is COCCn1ncc(N2CCCC(CC(=O)N(C)C3CCN(C)CC3)C2)cc1=O. The minimum atomic E-state index is -0.111. The molecule has 2 fully saturated rings. The lowest BCUT2D eigenvalue weighted by Gasteiger charge is -2.37. The first-order chi connectivity index (χ1) is 14.0. The van der Waals surface area contributed by atoms with Crippen LogP contribution in [0.1, 0.15) is 32.1 Å². The number of anilines is 1. The Balaban J connectivity index is 1.55. The molecule has 0 radical (unpaired) electrons. The topological polar surface area (TPSA) is 70.9 Å². The van der Waals surface area contributed by atoms with E-state index in [-0.39, 0.29) is 11.5 Å². The normalized spacial score (nSPS) is 21.3. The number of likely N-dealkylation sites (tertiary alicyclic amines) is 1. The number of carbonyl (C=O) groups excluding carboxylic acids is 1. The number of carbonyl (C=O) groups is 1. The van der Waals surface area contributed by atoms with Crippen molar-refractivity contribution in [3.63, 3.8) is 0 Å². The molecule has 1 unspecified atom stereocenters. The van der Waals surface area contributed by atoms with Gasteiger partial charge in [-0.2, -0.15) is 5.10 Å². The van der Waals surface area contributed by atoms with Crippen molar-refractivity contribution in [2.45, 2.75) is 44.7 Å². The second kappa shape index (κ2) is 10.2. The summed E-state index contributed by atoms with van der Waals surface area (Å²) in [4.78, 5) is 31.6. The summed E-state index contributed by atoms with van der Waals surface area (Å²) >= 11 is 0. The Morgan fingerprint density at radius 2 is 2.03 bits per heavy atom. The van der Waals surface area contributed by atoms with Crippen LogP contribution < -0.4 is 10.5 Å². The molecular weight excluding hydrogens is 370 g/mol. The van der Waals surface area contributed by atoms with Crippen LogP contribution in [0.25, 0.3) is 0 Å². The molecule has 3 heterocycles. The van der Waals surface area contributed by atoms with Gasteiger partial charge in [-0.1, -0.05) is 0 Å². The van der Waals surface area contributed by atoms with Gasteiger partial charge in [0.2, 0.25) is 5.91 Å². The van der Waals surface area contributed by atoms with Crippen molar-refractivity contribution in [1.29, 1.82) is 0 Å². The first-order valence-electron chi connectivity index (χ1n) is 10.7. The molecule has 2 aliphatic rings. The van der Waals surface area contributed by atoms with Crippen molar-refractivity contribution in [2.24, 2.45) is 5.92 Å². The van der Waals surface area contributed by atoms with Crippen LogP contribution in [0.5, 0.6) is 0 Å². The number of methoxy groups -OCH3 is 1. The number of piperidine rings is 2. The fraction of sp³-hybridized carbons (Fsp3) is 0.762. The largest absolute Gasteiger partial charge is 0.383 e. The number of nitrogens with zero attached hydrogens (tertiary/aromatic N) is 5. The van der Waals surface area contributed by atoms with E-state index in [4.69, 9.17) is 4.74 Å². The maximum atomic E-state index is 12.9. The highest BCUT2D eigenvalue weighted by atomic mass is 16.5. The van der Waals surface area contributed by atoms with Crippen molar-refractivity contribution in [3.05, 3.63) is 22.6 Å². The summed E-state index contributed by atoms with van der Waals surface area (Å²) in [6, 6.07) is 2.01. The lowest BCUT2D eigenvalue weighted by atomic mass is 9.93. The molecule has 162 valence electrons. The average Bonchev–Trinajstić information content (AvgIpc) is 2.73. The van der Waals surface area contributed by atoms with E-state index in [1.165, 1.54) is 4.68 Å². The van der Waals surface area contributed by atoms with E-state index in [0.29, 0.717) is 31.5 Å². The molecule has 1 amide bonds. The third-order valence-corrected chi connectivity index (χ3v) is 6.34. The second-order valence-electron chi connectivity index (χ2n) is 8.47. The van der Waals surface area contributed by atoms with E-state index in [0.717, 1.165) is 57.5 Å². The minimum absolute atomic E-state index is 0.111. The summed E-state index contributed by atoms with van der Waals surface area (Å²) in [5, 5.41) is 4.28. The highest BCUT2D eigenvalue weighted by Gasteiger charge is 2.28. The van der Waals surface area contributed by atoms with Crippen molar-refractivity contribution in [1.82, 2.24) is 19.6 Å². The molecule has 2 saturated heterocycles. The lowest BCUT2D eigenvalue weighted by molar-refractivity contribution is -0.133. The van der Waals surface area contributed by atoms with Crippen LogP contribution >= 0.6 is 0 Å². The maximum Gasteiger partial charge on any atom is 0.268 e. The third-order valence-electron chi connectivity index (χ3n) is 6.34. The van der Waals surface area contributed by atoms with Crippen LogP contribution in [0.2, 0.25) is 0 Å². The van der Waals surface area contributed by atoms with Crippen LogP contribution in [0.15, 0.2) is 17.1 Å². The van der Waals surface area contributed by atoms with E-state index >= 15 is 0 Å². The number of hydrogen-bond acceptors (Lipinski definition) is 6. The first-order valence-corrected chi connectivity index (χ1v) is 10.7. The van der Waals surface area contributed by atoms with Crippen LogP contribution in [-0.4, -0.2) is 85.5 Å². The van der Waals surface area contributed by atoms with Crippen LogP contribution in [0.3, 0.4) is 0 Å². The first kappa shape index (κ1) is 21.8. The molecule has 0 spiro atoms. The second-order valence-corrected chi connectivity index (χ2v) is 8.47. The number of hydrogen-bond donors (Lipinski definition) is 0. The maximum absolute atomic E-state index is 12.9. The van der Waals surface area contributed by atoms with Crippen LogP contribution in [-0.2, 0) is 16.1 Å². The zero-order chi connectivity index (χ0) is 20.8. The zero-order valence-corrected chi connectivity index (χ0v) is 18.0. The van der Waals surface area contributed by atoms with E-state index in [9.17, 15) is 9.59 Å². The van der Waals surface area contributed by atoms with Gasteiger partial charge in [0, 0.05) is 45.8 Å². The van der Waals surface area contributed by atoms with E-state index < -0.39 is 0 Å². The summed E-state index contributed by atoms with van der Waals surface area (Å²) < 4.78 is 6.44. The molecule has 1 atom stereocenters. The summed E-state index contributed by atoms with van der Waals surface area (Å²) in [7, 11) is 5.71. The molecular formula is C21H35N5O3. The fourth-order valence-electron chi connectivity index (χ4n) is 4.39. The molecule has 1 aromatic rings. The Morgan fingerprint density at radius 3 is 2.72 bits per heavy atom. The molecule has 1 aromatic heterocycles. The van der Waals surface area contributed by atoms with E-state index in [2.05, 4.69) is 21.9 Å². The summed E-state index contributed by atoms with van der Waals surface area (Å²) in [5.41, 5.74) is 0.740. The van der Waals surface area contributed by atoms with Crippen molar-refractivity contribution < 1.29 is 9.53 Å². The summed E-state index contributed by atoms with van der Waals surface area (Å²) in [6.45, 7) is 4.74. The van der Waals surface area contributed by atoms with E-state index in [1.807, 2.05) is 11.9 Å². The fourth-order valence-corrected chi connectivity index (χ4v) is 4.39. The third kappa shape index (κ3) is 5.79. The predicted molar refractivity (Wildman–Crippen MR) is 113 cm³/mol. The highest BCUT2D eigenvalue weighted by Crippen LogP contribution is 2.25. The molecule has 29 heavy (non-hydrogen) atoms. The van der Waals surface area contributed by atoms with Crippen molar-refractivity contribution >= 4 is 11.6 Å². The van der Waals surface area contributed by atoms with Crippen LogP contribution in [0, 0.1) is 5.92 Å². The predicted octanol–water partition coefficient (Wildman–Crippen LogP) is 1.05. The molecule has 0 N–H and O–H groups in total. The van der Waals surface area contributed by atoms with E-state index in [1.54, 1.807) is 19.4 Å². The molecule has 0 aliphatic carbocycles. The Bertz CT molecular complexity index is 729. The molecule has 0 saturated carbocycles. The van der Waals surface area contributed by atoms with Gasteiger partial charge in [0.25, 0.3) is 5.56 Å². The van der Waals surface area contributed by atoms with Crippen LogP contribution in [0.4, 0.5) is 5.69 Å².